The molecule has 94 valence electrons. The van der Waals surface area contributed by atoms with Crippen molar-refractivity contribution in [3.8, 4) is 0 Å². The van der Waals surface area contributed by atoms with Crippen LogP contribution in [0.1, 0.15) is 37.3 Å². The molecule has 0 amide bonds. The third-order valence-electron chi connectivity index (χ3n) is 4.39. The number of hydrogen-bond acceptors (Lipinski definition) is 2. The molecule has 1 aliphatic carbocycles. The lowest BCUT2D eigenvalue weighted by atomic mass is 9.86. The molecule has 0 atom stereocenters. The van der Waals surface area contributed by atoms with Crippen molar-refractivity contribution in [3.05, 3.63) is 42.1 Å². The van der Waals surface area contributed by atoms with Crippen molar-refractivity contribution in [2.24, 2.45) is 5.41 Å². The molecule has 2 aliphatic rings. The largest absolute Gasteiger partial charge is 0.398 e. The molecule has 0 unspecified atom stereocenters. The fraction of sp³-hybridized carbons (Fsp3) is 0.375. The SMILES string of the molecule is C=C(CC)c1cc2c(cc1N)CC1(CC1)C(=C)N2. The van der Waals surface area contributed by atoms with E-state index in [1.54, 1.807) is 0 Å². The number of allylic oxidation sites excluding steroid dienone is 2. The standard InChI is InChI=1S/C16H20N2/c1-4-10(2)13-8-15-12(7-14(13)17)9-16(5-6-16)11(3)18-15/h7-8,18H,2-6,9,17H2,1H3. The van der Waals surface area contributed by atoms with Crippen LogP contribution in [-0.4, -0.2) is 0 Å². The molecule has 1 aliphatic heterocycles. The van der Waals surface area contributed by atoms with Crippen LogP contribution in [0.25, 0.3) is 5.57 Å². The fourth-order valence-corrected chi connectivity index (χ4v) is 2.82. The van der Waals surface area contributed by atoms with Gasteiger partial charge in [-0.2, -0.15) is 0 Å². The zero-order valence-electron chi connectivity index (χ0n) is 11.0. The van der Waals surface area contributed by atoms with Gasteiger partial charge >= 0.3 is 0 Å². The number of benzene rings is 1. The zero-order chi connectivity index (χ0) is 12.9. The normalized spacial score (nSPS) is 19.3. The summed E-state index contributed by atoms with van der Waals surface area (Å²) >= 11 is 0. The number of hydrogen-bond donors (Lipinski definition) is 2. The molecule has 3 N–H and O–H groups in total. The maximum atomic E-state index is 6.15. The average Bonchev–Trinajstić information content (AvgIpc) is 3.11. The summed E-state index contributed by atoms with van der Waals surface area (Å²) in [4.78, 5) is 0. The van der Waals surface area contributed by atoms with Crippen molar-refractivity contribution in [1.82, 2.24) is 0 Å². The van der Waals surface area contributed by atoms with Gasteiger partial charge in [-0.15, -0.1) is 0 Å². The lowest BCUT2D eigenvalue weighted by molar-refractivity contribution is 0.596. The Hall–Kier alpha value is -1.70. The van der Waals surface area contributed by atoms with Crippen LogP contribution in [0.2, 0.25) is 0 Å². The summed E-state index contributed by atoms with van der Waals surface area (Å²) in [6.07, 6.45) is 4.51. The number of nitrogens with one attached hydrogen (secondary N) is 1. The van der Waals surface area contributed by atoms with E-state index >= 15 is 0 Å². The minimum Gasteiger partial charge on any atom is -0.398 e. The summed E-state index contributed by atoms with van der Waals surface area (Å²) < 4.78 is 0. The van der Waals surface area contributed by atoms with Gasteiger partial charge in [-0.25, -0.2) is 0 Å². The van der Waals surface area contributed by atoms with Gasteiger partial charge in [-0.05, 0) is 49.0 Å². The lowest BCUT2D eigenvalue weighted by Gasteiger charge is -2.29. The minimum absolute atomic E-state index is 0.322. The maximum absolute atomic E-state index is 6.15. The Morgan fingerprint density at radius 3 is 2.78 bits per heavy atom. The molecule has 2 heteroatoms. The summed E-state index contributed by atoms with van der Waals surface area (Å²) in [6.45, 7) is 10.4. The number of nitrogens with two attached hydrogens (primary N) is 1. The van der Waals surface area contributed by atoms with E-state index in [0.717, 1.165) is 35.4 Å². The number of fused-ring (bicyclic) bond motifs is 1. The number of rotatable bonds is 2. The molecule has 1 aromatic rings. The minimum atomic E-state index is 0.322. The van der Waals surface area contributed by atoms with Crippen LogP contribution < -0.4 is 11.1 Å². The van der Waals surface area contributed by atoms with Crippen molar-refractivity contribution in [2.75, 3.05) is 11.1 Å². The Kier molecular flexibility index (Phi) is 2.31. The lowest BCUT2D eigenvalue weighted by Crippen LogP contribution is -2.21. The topological polar surface area (TPSA) is 38.0 Å². The van der Waals surface area contributed by atoms with Gasteiger partial charge in [0.05, 0.1) is 0 Å². The first-order valence-electron chi connectivity index (χ1n) is 6.63. The molecule has 0 radical (unpaired) electrons. The molecular weight excluding hydrogens is 220 g/mol. The Balaban J connectivity index is 2.04. The van der Waals surface area contributed by atoms with Gasteiger partial charge in [-0.3, -0.25) is 0 Å². The van der Waals surface area contributed by atoms with Gasteiger partial charge in [0.25, 0.3) is 0 Å². The van der Waals surface area contributed by atoms with E-state index in [1.807, 2.05) is 0 Å². The molecular formula is C16H20N2. The molecule has 1 heterocycles. The Morgan fingerprint density at radius 1 is 1.44 bits per heavy atom. The third-order valence-corrected chi connectivity index (χ3v) is 4.39. The van der Waals surface area contributed by atoms with Crippen LogP contribution in [0.5, 0.6) is 0 Å². The highest BCUT2D eigenvalue weighted by atomic mass is 14.9. The van der Waals surface area contributed by atoms with E-state index in [0.29, 0.717) is 5.41 Å². The molecule has 1 saturated carbocycles. The highest BCUT2D eigenvalue weighted by molar-refractivity contribution is 5.79. The Bertz CT molecular complexity index is 550. The van der Waals surface area contributed by atoms with Crippen LogP contribution in [0, 0.1) is 5.41 Å². The molecule has 0 saturated heterocycles. The number of anilines is 2. The van der Waals surface area contributed by atoms with Crippen molar-refractivity contribution in [1.29, 1.82) is 0 Å². The van der Waals surface area contributed by atoms with Gasteiger partial charge in [0.15, 0.2) is 0 Å². The van der Waals surface area contributed by atoms with E-state index in [1.165, 1.54) is 24.1 Å². The third kappa shape index (κ3) is 1.56. The molecule has 0 aromatic heterocycles. The monoisotopic (exact) mass is 240 g/mol. The number of nitrogen functional groups attached to an aromatic ring is 1. The van der Waals surface area contributed by atoms with Crippen molar-refractivity contribution >= 4 is 16.9 Å². The maximum Gasteiger partial charge on any atom is 0.0422 e. The van der Waals surface area contributed by atoms with Crippen LogP contribution in [0.3, 0.4) is 0 Å². The Labute approximate surface area is 109 Å². The van der Waals surface area contributed by atoms with E-state index in [9.17, 15) is 0 Å². The van der Waals surface area contributed by atoms with Gasteiger partial charge in [-0.1, -0.05) is 20.1 Å². The second-order valence-corrected chi connectivity index (χ2v) is 5.61. The van der Waals surface area contributed by atoms with Gasteiger partial charge in [0.2, 0.25) is 0 Å². The molecule has 1 aromatic carbocycles. The fourth-order valence-electron chi connectivity index (χ4n) is 2.82. The molecule has 18 heavy (non-hydrogen) atoms. The van der Waals surface area contributed by atoms with E-state index in [-0.39, 0.29) is 0 Å². The Morgan fingerprint density at radius 2 is 2.17 bits per heavy atom. The average molecular weight is 240 g/mol. The van der Waals surface area contributed by atoms with E-state index < -0.39 is 0 Å². The van der Waals surface area contributed by atoms with Crippen LogP contribution in [0.4, 0.5) is 11.4 Å². The van der Waals surface area contributed by atoms with E-state index in [4.69, 9.17) is 5.73 Å². The van der Waals surface area contributed by atoms with Crippen molar-refractivity contribution in [3.63, 3.8) is 0 Å². The van der Waals surface area contributed by atoms with Crippen molar-refractivity contribution in [2.45, 2.75) is 32.6 Å². The summed E-state index contributed by atoms with van der Waals surface area (Å²) in [6, 6.07) is 4.25. The second kappa shape index (κ2) is 3.64. The van der Waals surface area contributed by atoms with Gasteiger partial charge in [0, 0.05) is 28.1 Å². The smallest absolute Gasteiger partial charge is 0.0422 e. The summed E-state index contributed by atoms with van der Waals surface area (Å²) in [5.41, 5.74) is 13.2. The molecule has 1 spiro atoms. The highest BCUT2D eigenvalue weighted by Crippen LogP contribution is 2.57. The molecule has 2 nitrogen and oxygen atoms in total. The molecule has 1 fully saturated rings. The highest BCUT2D eigenvalue weighted by Gasteiger charge is 2.47. The summed E-state index contributed by atoms with van der Waals surface area (Å²) in [5, 5.41) is 3.47. The van der Waals surface area contributed by atoms with Crippen LogP contribution in [-0.2, 0) is 6.42 Å². The second-order valence-electron chi connectivity index (χ2n) is 5.61. The summed E-state index contributed by atoms with van der Waals surface area (Å²) in [7, 11) is 0. The van der Waals surface area contributed by atoms with Gasteiger partial charge in [0.1, 0.15) is 0 Å². The summed E-state index contributed by atoms with van der Waals surface area (Å²) in [5.74, 6) is 0. The first kappa shape index (κ1) is 11.4. The first-order valence-corrected chi connectivity index (χ1v) is 6.63. The van der Waals surface area contributed by atoms with Crippen molar-refractivity contribution < 1.29 is 0 Å². The predicted octanol–water partition coefficient (Wildman–Crippen LogP) is 3.95. The molecule has 3 rings (SSSR count). The quantitative estimate of drug-likeness (QED) is 0.768. The zero-order valence-corrected chi connectivity index (χ0v) is 11.0. The van der Waals surface area contributed by atoms with Crippen LogP contribution >= 0.6 is 0 Å². The molecule has 0 bridgehead atoms. The predicted molar refractivity (Wildman–Crippen MR) is 78.3 cm³/mol. The van der Waals surface area contributed by atoms with Crippen LogP contribution in [0.15, 0.2) is 31.0 Å². The van der Waals surface area contributed by atoms with E-state index in [2.05, 4.69) is 37.5 Å². The first-order chi connectivity index (χ1) is 8.55. The van der Waals surface area contributed by atoms with Gasteiger partial charge < -0.3 is 11.1 Å².